The Morgan fingerprint density at radius 2 is 1.65 bits per heavy atom. The molecule has 0 saturated carbocycles. The van der Waals surface area contributed by atoms with Gasteiger partial charge in [-0.1, -0.05) is 6.92 Å². The fourth-order valence-corrected chi connectivity index (χ4v) is 3.14. The van der Waals surface area contributed by atoms with Gasteiger partial charge in [-0.15, -0.1) is 0 Å². The molecule has 0 aromatic rings. The molecule has 1 unspecified atom stereocenters. The molecule has 2 saturated heterocycles. The van der Waals surface area contributed by atoms with E-state index in [0.29, 0.717) is 18.4 Å². The summed E-state index contributed by atoms with van der Waals surface area (Å²) in [5.74, 6) is 0.888. The summed E-state index contributed by atoms with van der Waals surface area (Å²) >= 11 is 0. The summed E-state index contributed by atoms with van der Waals surface area (Å²) in [6, 6.07) is 0. The zero-order chi connectivity index (χ0) is 14.4. The van der Waals surface area contributed by atoms with E-state index in [0.717, 1.165) is 58.8 Å². The van der Waals surface area contributed by atoms with Crippen LogP contribution >= 0.6 is 0 Å². The van der Waals surface area contributed by atoms with Crippen molar-refractivity contribution in [2.24, 2.45) is 11.7 Å². The Morgan fingerprint density at radius 3 is 2.35 bits per heavy atom. The van der Waals surface area contributed by atoms with Crippen LogP contribution < -0.4 is 5.73 Å². The van der Waals surface area contributed by atoms with E-state index in [1.54, 1.807) is 0 Å². The van der Waals surface area contributed by atoms with Gasteiger partial charge in [0.2, 0.25) is 5.91 Å². The van der Waals surface area contributed by atoms with Gasteiger partial charge in [0, 0.05) is 32.7 Å². The van der Waals surface area contributed by atoms with Crippen LogP contribution in [0.3, 0.4) is 0 Å². The van der Waals surface area contributed by atoms with Crippen molar-refractivity contribution in [3.8, 4) is 0 Å². The van der Waals surface area contributed by atoms with Crippen LogP contribution in [0, 0.1) is 5.92 Å². The van der Waals surface area contributed by atoms with Crippen molar-refractivity contribution < 1.29 is 4.79 Å². The van der Waals surface area contributed by atoms with Gasteiger partial charge in [-0.3, -0.25) is 9.69 Å². The smallest absolute Gasteiger partial charge is 0.236 e. The van der Waals surface area contributed by atoms with Crippen molar-refractivity contribution in [1.82, 2.24) is 14.7 Å². The SMILES string of the molecule is CC(CN)CN1CCCN(CC(=O)N2CCCC2)CC1. The lowest BCUT2D eigenvalue weighted by molar-refractivity contribution is -0.131. The molecule has 0 aromatic heterocycles. The van der Waals surface area contributed by atoms with E-state index >= 15 is 0 Å². The maximum absolute atomic E-state index is 12.2. The van der Waals surface area contributed by atoms with Gasteiger partial charge in [-0.25, -0.2) is 0 Å². The number of hydrogen-bond donors (Lipinski definition) is 1. The van der Waals surface area contributed by atoms with Crippen LogP contribution in [-0.4, -0.2) is 79.5 Å². The molecular formula is C15H30N4O. The number of nitrogens with zero attached hydrogens (tertiary/aromatic N) is 3. The minimum absolute atomic E-state index is 0.325. The fraction of sp³-hybridized carbons (Fsp3) is 0.933. The third kappa shape index (κ3) is 4.72. The van der Waals surface area contributed by atoms with Crippen LogP contribution in [0.2, 0.25) is 0 Å². The number of carbonyl (C=O) groups is 1. The molecular weight excluding hydrogens is 252 g/mol. The number of hydrogen-bond acceptors (Lipinski definition) is 4. The lowest BCUT2D eigenvalue weighted by Crippen LogP contribution is -2.41. The van der Waals surface area contributed by atoms with E-state index < -0.39 is 0 Å². The molecule has 2 fully saturated rings. The van der Waals surface area contributed by atoms with Crippen LogP contribution in [0.25, 0.3) is 0 Å². The summed E-state index contributed by atoms with van der Waals surface area (Å²) in [6.45, 7) is 10.9. The Morgan fingerprint density at radius 1 is 1.00 bits per heavy atom. The largest absolute Gasteiger partial charge is 0.342 e. The second-order valence-electron chi connectivity index (χ2n) is 6.36. The summed E-state index contributed by atoms with van der Waals surface area (Å²) in [7, 11) is 0. The van der Waals surface area contributed by atoms with Crippen LogP contribution in [0.5, 0.6) is 0 Å². The summed E-state index contributed by atoms with van der Waals surface area (Å²) in [5, 5.41) is 0. The Kier molecular flexibility index (Phi) is 6.26. The average Bonchev–Trinajstić information content (AvgIpc) is 2.90. The van der Waals surface area contributed by atoms with Crippen molar-refractivity contribution in [3.63, 3.8) is 0 Å². The summed E-state index contributed by atoms with van der Waals surface area (Å²) in [4.78, 5) is 19.0. The first-order valence-corrected chi connectivity index (χ1v) is 8.11. The van der Waals surface area contributed by atoms with E-state index in [9.17, 15) is 4.79 Å². The van der Waals surface area contributed by atoms with Crippen LogP contribution in [0.4, 0.5) is 0 Å². The van der Waals surface area contributed by atoms with Gasteiger partial charge in [-0.2, -0.15) is 0 Å². The number of carbonyl (C=O) groups excluding carboxylic acids is 1. The van der Waals surface area contributed by atoms with Gasteiger partial charge in [0.1, 0.15) is 0 Å². The molecule has 2 rings (SSSR count). The first-order valence-electron chi connectivity index (χ1n) is 8.11. The minimum Gasteiger partial charge on any atom is -0.342 e. The van der Waals surface area contributed by atoms with E-state index in [2.05, 4.69) is 16.7 Å². The third-order valence-electron chi connectivity index (χ3n) is 4.47. The molecule has 2 aliphatic rings. The van der Waals surface area contributed by atoms with Gasteiger partial charge in [0.25, 0.3) is 0 Å². The summed E-state index contributed by atoms with van der Waals surface area (Å²) in [6.07, 6.45) is 3.51. The minimum atomic E-state index is 0.325. The molecule has 1 amide bonds. The molecule has 2 N–H and O–H groups in total. The second kappa shape index (κ2) is 7.96. The highest BCUT2D eigenvalue weighted by Crippen LogP contribution is 2.10. The molecule has 0 spiro atoms. The first-order chi connectivity index (χ1) is 9.69. The maximum atomic E-state index is 12.2. The number of amides is 1. The highest BCUT2D eigenvalue weighted by atomic mass is 16.2. The average molecular weight is 282 g/mol. The Balaban J connectivity index is 1.73. The fourth-order valence-electron chi connectivity index (χ4n) is 3.14. The standard InChI is InChI=1S/C15H30N4O/c1-14(11-16)12-17-5-4-6-18(10-9-17)13-15(20)19-7-2-3-8-19/h14H,2-13,16H2,1H3. The van der Waals surface area contributed by atoms with Gasteiger partial charge in [0.15, 0.2) is 0 Å². The second-order valence-corrected chi connectivity index (χ2v) is 6.36. The molecule has 2 aliphatic heterocycles. The zero-order valence-electron chi connectivity index (χ0n) is 12.9. The molecule has 0 aromatic carbocycles. The molecule has 1 atom stereocenters. The molecule has 5 heteroatoms. The number of nitrogens with two attached hydrogens (primary N) is 1. The third-order valence-corrected chi connectivity index (χ3v) is 4.47. The van der Waals surface area contributed by atoms with E-state index in [4.69, 9.17) is 5.73 Å². The summed E-state index contributed by atoms with van der Waals surface area (Å²) < 4.78 is 0. The van der Waals surface area contributed by atoms with E-state index in [1.807, 2.05) is 4.90 Å². The zero-order valence-corrected chi connectivity index (χ0v) is 12.9. The van der Waals surface area contributed by atoms with Gasteiger partial charge >= 0.3 is 0 Å². The maximum Gasteiger partial charge on any atom is 0.236 e. The van der Waals surface area contributed by atoms with E-state index in [1.165, 1.54) is 12.8 Å². The van der Waals surface area contributed by atoms with Crippen molar-refractivity contribution >= 4 is 5.91 Å². The van der Waals surface area contributed by atoms with Crippen LogP contribution in [0.1, 0.15) is 26.2 Å². The lowest BCUT2D eigenvalue weighted by atomic mass is 10.1. The molecule has 0 bridgehead atoms. The molecule has 5 nitrogen and oxygen atoms in total. The predicted molar refractivity (Wildman–Crippen MR) is 81.5 cm³/mol. The highest BCUT2D eigenvalue weighted by molar-refractivity contribution is 5.78. The normalized spacial score (nSPS) is 23.8. The molecule has 20 heavy (non-hydrogen) atoms. The molecule has 0 radical (unpaired) electrons. The van der Waals surface area contributed by atoms with Crippen molar-refractivity contribution in [2.75, 3.05) is 58.9 Å². The van der Waals surface area contributed by atoms with Crippen molar-refractivity contribution in [1.29, 1.82) is 0 Å². The Labute approximate surface area is 123 Å². The monoisotopic (exact) mass is 282 g/mol. The Hall–Kier alpha value is -0.650. The lowest BCUT2D eigenvalue weighted by Gasteiger charge is -2.25. The molecule has 0 aliphatic carbocycles. The summed E-state index contributed by atoms with van der Waals surface area (Å²) in [5.41, 5.74) is 5.70. The van der Waals surface area contributed by atoms with Crippen molar-refractivity contribution in [3.05, 3.63) is 0 Å². The Bertz CT molecular complexity index is 304. The highest BCUT2D eigenvalue weighted by Gasteiger charge is 2.22. The molecule has 116 valence electrons. The van der Waals surface area contributed by atoms with E-state index in [-0.39, 0.29) is 0 Å². The predicted octanol–water partition coefficient (Wildman–Crippen LogP) is 0.211. The van der Waals surface area contributed by atoms with Gasteiger partial charge in [0.05, 0.1) is 6.54 Å². The quantitative estimate of drug-likeness (QED) is 0.783. The first kappa shape index (κ1) is 15.7. The molecule has 2 heterocycles. The van der Waals surface area contributed by atoms with Gasteiger partial charge in [-0.05, 0) is 44.8 Å². The number of rotatable bonds is 5. The van der Waals surface area contributed by atoms with Crippen LogP contribution in [-0.2, 0) is 4.79 Å². The van der Waals surface area contributed by atoms with Crippen molar-refractivity contribution in [2.45, 2.75) is 26.2 Å². The number of likely N-dealkylation sites (tertiary alicyclic amines) is 1. The van der Waals surface area contributed by atoms with Gasteiger partial charge < -0.3 is 15.5 Å². The van der Waals surface area contributed by atoms with Crippen LogP contribution in [0.15, 0.2) is 0 Å². The topological polar surface area (TPSA) is 52.8 Å².